The van der Waals surface area contributed by atoms with Crippen LogP contribution in [0, 0.1) is 0 Å². The van der Waals surface area contributed by atoms with Crippen LogP contribution in [0.4, 0.5) is 0 Å². The topological polar surface area (TPSA) is 145 Å². The molecule has 102 valence electrons. The SMILES string of the molecule is CC=C(N)OC(C(=O)O)C(OC(N)=CC)C(=O)O. The number of rotatable bonds is 7. The van der Waals surface area contributed by atoms with Crippen LogP contribution in [0.3, 0.4) is 0 Å². The number of hydrogen-bond donors (Lipinski definition) is 4. The van der Waals surface area contributed by atoms with E-state index in [2.05, 4.69) is 0 Å². The molecule has 0 bridgehead atoms. The van der Waals surface area contributed by atoms with E-state index in [4.69, 9.17) is 31.2 Å². The van der Waals surface area contributed by atoms with Crippen LogP contribution in [0.1, 0.15) is 13.8 Å². The molecule has 0 amide bonds. The van der Waals surface area contributed by atoms with Crippen molar-refractivity contribution in [2.45, 2.75) is 26.1 Å². The van der Waals surface area contributed by atoms with Gasteiger partial charge >= 0.3 is 11.9 Å². The minimum Gasteiger partial charge on any atom is -0.478 e. The van der Waals surface area contributed by atoms with Gasteiger partial charge in [-0.2, -0.15) is 0 Å². The Balaban J connectivity index is 5.12. The molecule has 8 heteroatoms. The first-order valence-electron chi connectivity index (χ1n) is 4.96. The summed E-state index contributed by atoms with van der Waals surface area (Å²) in [5.74, 6) is -3.51. The lowest BCUT2D eigenvalue weighted by Crippen LogP contribution is -2.44. The molecule has 0 saturated carbocycles. The normalized spacial score (nSPS) is 15.7. The van der Waals surface area contributed by atoms with E-state index in [0.29, 0.717) is 0 Å². The van der Waals surface area contributed by atoms with E-state index in [1.54, 1.807) is 0 Å². The molecule has 18 heavy (non-hydrogen) atoms. The molecule has 0 radical (unpaired) electrons. The summed E-state index contributed by atoms with van der Waals surface area (Å²) in [5.41, 5.74) is 10.6. The summed E-state index contributed by atoms with van der Waals surface area (Å²) in [5, 5.41) is 17.8. The molecule has 0 spiro atoms. The summed E-state index contributed by atoms with van der Waals surface area (Å²) in [4.78, 5) is 21.9. The van der Waals surface area contributed by atoms with Crippen LogP contribution in [-0.4, -0.2) is 34.4 Å². The van der Waals surface area contributed by atoms with Crippen molar-refractivity contribution >= 4 is 11.9 Å². The molecule has 0 fully saturated rings. The maximum absolute atomic E-state index is 11.0. The van der Waals surface area contributed by atoms with Crippen molar-refractivity contribution in [3.8, 4) is 0 Å². The summed E-state index contributed by atoms with van der Waals surface area (Å²) < 4.78 is 9.56. The number of hydrogen-bond acceptors (Lipinski definition) is 6. The highest BCUT2D eigenvalue weighted by molar-refractivity contribution is 5.83. The second-order valence-corrected chi connectivity index (χ2v) is 3.14. The van der Waals surface area contributed by atoms with Crippen molar-refractivity contribution in [2.24, 2.45) is 11.5 Å². The average Bonchev–Trinajstić information content (AvgIpc) is 2.31. The maximum Gasteiger partial charge on any atom is 0.349 e. The fraction of sp³-hybridized carbons (Fsp3) is 0.400. The van der Waals surface area contributed by atoms with Crippen LogP contribution in [0.15, 0.2) is 23.9 Å². The van der Waals surface area contributed by atoms with Gasteiger partial charge in [-0.15, -0.1) is 0 Å². The predicted molar refractivity (Wildman–Crippen MR) is 60.9 cm³/mol. The fourth-order valence-corrected chi connectivity index (χ4v) is 0.913. The highest BCUT2D eigenvalue weighted by atomic mass is 16.6. The highest BCUT2D eigenvalue weighted by Gasteiger charge is 2.38. The third-order valence-corrected chi connectivity index (χ3v) is 1.86. The lowest BCUT2D eigenvalue weighted by molar-refractivity contribution is -0.169. The van der Waals surface area contributed by atoms with Gasteiger partial charge in [-0.3, -0.25) is 0 Å². The molecule has 2 unspecified atom stereocenters. The van der Waals surface area contributed by atoms with Gasteiger partial charge in [0.05, 0.1) is 0 Å². The molecule has 0 heterocycles. The maximum atomic E-state index is 11.0. The molecule has 2 atom stereocenters. The molecule has 0 aromatic rings. The van der Waals surface area contributed by atoms with E-state index >= 15 is 0 Å². The quantitative estimate of drug-likeness (QED) is 0.451. The van der Waals surface area contributed by atoms with Crippen molar-refractivity contribution in [1.82, 2.24) is 0 Å². The zero-order chi connectivity index (χ0) is 14.3. The second-order valence-electron chi connectivity index (χ2n) is 3.14. The van der Waals surface area contributed by atoms with E-state index in [9.17, 15) is 9.59 Å². The first kappa shape index (κ1) is 15.6. The Bertz CT molecular complexity index is 341. The van der Waals surface area contributed by atoms with Crippen molar-refractivity contribution in [2.75, 3.05) is 0 Å². The predicted octanol–water partition coefficient (Wildman–Crippen LogP) is -0.434. The Morgan fingerprint density at radius 3 is 1.39 bits per heavy atom. The van der Waals surface area contributed by atoms with Gasteiger partial charge in [0.15, 0.2) is 11.8 Å². The largest absolute Gasteiger partial charge is 0.478 e. The first-order chi connectivity index (χ1) is 8.33. The summed E-state index contributed by atoms with van der Waals surface area (Å²) >= 11 is 0. The van der Waals surface area contributed by atoms with Crippen LogP contribution in [0.5, 0.6) is 0 Å². The third kappa shape index (κ3) is 4.64. The van der Waals surface area contributed by atoms with Gasteiger partial charge < -0.3 is 31.2 Å². The molecule has 0 saturated heterocycles. The number of carbonyl (C=O) groups is 2. The Hall–Kier alpha value is -2.38. The van der Waals surface area contributed by atoms with Gasteiger partial charge in [0.25, 0.3) is 0 Å². The lowest BCUT2D eigenvalue weighted by Gasteiger charge is -2.22. The Kier molecular flexibility index (Phi) is 6.11. The van der Waals surface area contributed by atoms with Crippen molar-refractivity contribution < 1.29 is 29.3 Å². The summed E-state index contributed by atoms with van der Waals surface area (Å²) in [6, 6.07) is 0. The fourth-order valence-electron chi connectivity index (χ4n) is 0.913. The number of carboxylic acid groups (broad SMARTS) is 2. The molecular formula is C10H16N2O6. The van der Waals surface area contributed by atoms with Crippen molar-refractivity contribution in [3.05, 3.63) is 23.9 Å². The van der Waals surface area contributed by atoms with E-state index in [1.165, 1.54) is 26.0 Å². The van der Waals surface area contributed by atoms with Gasteiger partial charge in [0, 0.05) is 0 Å². The highest BCUT2D eigenvalue weighted by Crippen LogP contribution is 2.11. The van der Waals surface area contributed by atoms with Gasteiger partial charge in [-0.1, -0.05) is 0 Å². The number of ether oxygens (including phenoxy) is 2. The average molecular weight is 260 g/mol. The van der Waals surface area contributed by atoms with Gasteiger partial charge in [0.2, 0.25) is 12.2 Å². The van der Waals surface area contributed by atoms with Crippen molar-refractivity contribution in [1.29, 1.82) is 0 Å². The molecule has 0 aliphatic heterocycles. The third-order valence-electron chi connectivity index (χ3n) is 1.86. The Labute approximate surface area is 103 Å². The van der Waals surface area contributed by atoms with E-state index in [-0.39, 0.29) is 11.8 Å². The van der Waals surface area contributed by atoms with Crippen LogP contribution in [0.2, 0.25) is 0 Å². The number of nitrogens with two attached hydrogens (primary N) is 2. The molecule has 6 N–H and O–H groups in total. The minimum atomic E-state index is -1.81. The standard InChI is InChI=1S/C10H16N2O6/c1-3-5(11)17-7(9(13)14)8(10(15)16)18-6(12)4-2/h3-4,7-8H,11-12H2,1-2H3,(H,13,14)(H,15,16). The molecule has 0 aliphatic carbocycles. The van der Waals surface area contributed by atoms with Crippen LogP contribution in [-0.2, 0) is 19.1 Å². The van der Waals surface area contributed by atoms with E-state index in [0.717, 1.165) is 0 Å². The van der Waals surface area contributed by atoms with Crippen LogP contribution < -0.4 is 11.5 Å². The van der Waals surface area contributed by atoms with Gasteiger partial charge in [0.1, 0.15) is 0 Å². The minimum absolute atomic E-state index is 0.226. The molecule has 0 aliphatic rings. The second kappa shape index (κ2) is 7.05. The van der Waals surface area contributed by atoms with Crippen LogP contribution >= 0.6 is 0 Å². The number of allylic oxidation sites excluding steroid dienone is 2. The zero-order valence-electron chi connectivity index (χ0n) is 9.99. The van der Waals surface area contributed by atoms with Crippen LogP contribution in [0.25, 0.3) is 0 Å². The summed E-state index contributed by atoms with van der Waals surface area (Å²) in [6.07, 6.45) is -1.05. The zero-order valence-corrected chi connectivity index (χ0v) is 9.99. The van der Waals surface area contributed by atoms with Gasteiger partial charge in [-0.25, -0.2) is 9.59 Å². The lowest BCUT2D eigenvalue weighted by atomic mass is 10.2. The summed E-state index contributed by atoms with van der Waals surface area (Å²) in [7, 11) is 0. The molecular weight excluding hydrogens is 244 g/mol. The first-order valence-corrected chi connectivity index (χ1v) is 4.96. The van der Waals surface area contributed by atoms with Gasteiger partial charge in [-0.05, 0) is 26.0 Å². The Morgan fingerprint density at radius 1 is 0.944 bits per heavy atom. The molecule has 8 nitrogen and oxygen atoms in total. The number of carboxylic acids is 2. The number of aliphatic carboxylic acids is 2. The molecule has 0 aromatic carbocycles. The Morgan fingerprint density at radius 2 is 1.22 bits per heavy atom. The van der Waals surface area contributed by atoms with E-state index < -0.39 is 24.1 Å². The molecule has 0 rings (SSSR count). The van der Waals surface area contributed by atoms with Crippen molar-refractivity contribution in [3.63, 3.8) is 0 Å². The molecule has 0 aromatic heterocycles. The monoisotopic (exact) mass is 260 g/mol. The summed E-state index contributed by atoms with van der Waals surface area (Å²) in [6.45, 7) is 3.01. The smallest absolute Gasteiger partial charge is 0.349 e. The van der Waals surface area contributed by atoms with E-state index in [1.807, 2.05) is 0 Å².